The molecule has 1 N–H and O–H groups in total. The lowest BCUT2D eigenvalue weighted by atomic mass is 9.93. The predicted octanol–water partition coefficient (Wildman–Crippen LogP) is 1.86. The lowest BCUT2D eigenvalue weighted by Crippen LogP contribution is -2.65. The van der Waals surface area contributed by atoms with Crippen molar-refractivity contribution in [2.24, 2.45) is 0 Å². The zero-order valence-electron chi connectivity index (χ0n) is 9.94. The molecule has 0 spiro atoms. The van der Waals surface area contributed by atoms with E-state index in [-0.39, 0.29) is 5.54 Å². The number of nitrogens with zero attached hydrogens (tertiary/aromatic N) is 1. The van der Waals surface area contributed by atoms with Gasteiger partial charge in [0.15, 0.2) is 0 Å². The van der Waals surface area contributed by atoms with Crippen LogP contribution in [0.1, 0.15) is 41.5 Å². The van der Waals surface area contributed by atoms with Crippen molar-refractivity contribution in [2.75, 3.05) is 13.1 Å². The van der Waals surface area contributed by atoms with Gasteiger partial charge in [-0.1, -0.05) is 0 Å². The molecule has 1 aliphatic rings. The molecular weight excluding hydrogens is 160 g/mol. The van der Waals surface area contributed by atoms with Gasteiger partial charge in [0.2, 0.25) is 0 Å². The van der Waals surface area contributed by atoms with Crippen molar-refractivity contribution in [3.8, 4) is 0 Å². The van der Waals surface area contributed by atoms with Gasteiger partial charge in [0.1, 0.15) is 0 Å². The normalized spacial score (nSPS) is 30.5. The van der Waals surface area contributed by atoms with Gasteiger partial charge in [-0.15, -0.1) is 0 Å². The van der Waals surface area contributed by atoms with E-state index in [1.54, 1.807) is 0 Å². The molecule has 0 radical (unpaired) electrons. The first kappa shape index (κ1) is 11.0. The van der Waals surface area contributed by atoms with Crippen LogP contribution in [-0.2, 0) is 0 Å². The van der Waals surface area contributed by atoms with Crippen LogP contribution >= 0.6 is 0 Å². The van der Waals surface area contributed by atoms with Crippen LogP contribution in [0.4, 0.5) is 0 Å². The van der Waals surface area contributed by atoms with Crippen molar-refractivity contribution >= 4 is 0 Å². The summed E-state index contributed by atoms with van der Waals surface area (Å²) in [6.45, 7) is 16.0. The van der Waals surface area contributed by atoms with Crippen LogP contribution in [0.2, 0.25) is 0 Å². The zero-order valence-corrected chi connectivity index (χ0v) is 9.94. The Hall–Kier alpha value is -0.0800. The molecule has 2 heteroatoms. The summed E-state index contributed by atoms with van der Waals surface area (Å²) in [7, 11) is 0. The van der Waals surface area contributed by atoms with Crippen molar-refractivity contribution < 1.29 is 0 Å². The van der Waals surface area contributed by atoms with E-state index in [0.717, 1.165) is 13.1 Å². The molecule has 0 saturated carbocycles. The quantitative estimate of drug-likeness (QED) is 0.618. The fourth-order valence-electron chi connectivity index (χ4n) is 2.07. The third-order valence-corrected chi connectivity index (χ3v) is 2.84. The molecule has 0 aromatic heterocycles. The molecule has 13 heavy (non-hydrogen) atoms. The number of nitrogens with one attached hydrogen (secondary N) is 1. The van der Waals surface area contributed by atoms with Crippen molar-refractivity contribution in [3.63, 3.8) is 0 Å². The minimum absolute atomic E-state index is 0.264. The molecular formula is C11H24N2. The van der Waals surface area contributed by atoms with Gasteiger partial charge < -0.3 is 5.32 Å². The minimum Gasteiger partial charge on any atom is -0.309 e. The smallest absolute Gasteiger partial charge is 0.0253 e. The van der Waals surface area contributed by atoms with Gasteiger partial charge in [-0.25, -0.2) is 0 Å². The van der Waals surface area contributed by atoms with E-state index in [9.17, 15) is 0 Å². The third-order valence-electron chi connectivity index (χ3n) is 2.84. The Morgan fingerprint density at radius 2 is 1.85 bits per heavy atom. The Balaban J connectivity index is 2.72. The van der Waals surface area contributed by atoms with Crippen LogP contribution < -0.4 is 5.32 Å². The highest BCUT2D eigenvalue weighted by Gasteiger charge is 2.35. The van der Waals surface area contributed by atoms with Gasteiger partial charge in [0.05, 0.1) is 0 Å². The van der Waals surface area contributed by atoms with E-state index in [1.165, 1.54) is 0 Å². The molecule has 2 nitrogen and oxygen atoms in total. The molecule has 0 bridgehead atoms. The lowest BCUT2D eigenvalue weighted by molar-refractivity contribution is 0.0267. The third kappa shape index (κ3) is 2.68. The first-order valence-electron chi connectivity index (χ1n) is 5.24. The Bertz CT molecular complexity index is 179. The second kappa shape index (κ2) is 3.25. The highest BCUT2D eigenvalue weighted by Crippen LogP contribution is 2.23. The molecule has 0 aliphatic carbocycles. The first-order valence-corrected chi connectivity index (χ1v) is 5.24. The summed E-state index contributed by atoms with van der Waals surface area (Å²) < 4.78 is 0. The number of piperazine rings is 1. The van der Waals surface area contributed by atoms with Crippen LogP contribution in [0.15, 0.2) is 0 Å². The minimum atomic E-state index is 0.264. The Morgan fingerprint density at radius 3 is 2.23 bits per heavy atom. The van der Waals surface area contributed by atoms with Crippen LogP contribution in [0.25, 0.3) is 0 Å². The Labute approximate surface area is 82.7 Å². The fraction of sp³-hybridized carbons (Fsp3) is 1.00. The largest absolute Gasteiger partial charge is 0.309 e. The average molecular weight is 184 g/mol. The van der Waals surface area contributed by atoms with Crippen molar-refractivity contribution in [2.45, 2.75) is 58.7 Å². The standard InChI is InChI=1S/C11H24N2/c1-9-7-12-11(5,6)8-13(9)10(2,3)4/h9,12H,7-8H2,1-6H3. The van der Waals surface area contributed by atoms with E-state index in [4.69, 9.17) is 0 Å². The molecule has 0 aromatic carbocycles. The van der Waals surface area contributed by atoms with Gasteiger partial charge in [-0.2, -0.15) is 0 Å². The summed E-state index contributed by atoms with van der Waals surface area (Å²) in [5.74, 6) is 0. The van der Waals surface area contributed by atoms with Gasteiger partial charge in [-0.3, -0.25) is 4.90 Å². The average Bonchev–Trinajstić information content (AvgIpc) is 1.92. The molecule has 1 atom stereocenters. The lowest BCUT2D eigenvalue weighted by Gasteiger charge is -2.49. The maximum absolute atomic E-state index is 3.57. The molecule has 1 fully saturated rings. The van der Waals surface area contributed by atoms with Crippen LogP contribution in [0.5, 0.6) is 0 Å². The van der Waals surface area contributed by atoms with Gasteiger partial charge in [0.25, 0.3) is 0 Å². The molecule has 1 rings (SSSR count). The summed E-state index contributed by atoms with van der Waals surface area (Å²) in [6.07, 6.45) is 0. The van der Waals surface area contributed by atoms with Crippen LogP contribution in [-0.4, -0.2) is 35.1 Å². The maximum Gasteiger partial charge on any atom is 0.0253 e. The Kier molecular flexibility index (Phi) is 2.75. The molecule has 1 aliphatic heterocycles. The topological polar surface area (TPSA) is 15.3 Å². The molecule has 1 unspecified atom stereocenters. The summed E-state index contributed by atoms with van der Waals surface area (Å²) in [4.78, 5) is 2.59. The molecule has 1 saturated heterocycles. The molecule has 0 amide bonds. The molecule has 0 aromatic rings. The van der Waals surface area contributed by atoms with Crippen molar-refractivity contribution in [1.29, 1.82) is 0 Å². The van der Waals surface area contributed by atoms with Crippen molar-refractivity contribution in [1.82, 2.24) is 10.2 Å². The highest BCUT2D eigenvalue weighted by atomic mass is 15.3. The van der Waals surface area contributed by atoms with E-state index in [2.05, 4.69) is 51.8 Å². The predicted molar refractivity (Wildman–Crippen MR) is 58.0 cm³/mol. The summed E-state index contributed by atoms with van der Waals surface area (Å²) in [5, 5.41) is 3.57. The van der Waals surface area contributed by atoms with Crippen molar-refractivity contribution in [3.05, 3.63) is 0 Å². The Morgan fingerprint density at radius 1 is 1.31 bits per heavy atom. The van der Waals surface area contributed by atoms with E-state index >= 15 is 0 Å². The monoisotopic (exact) mass is 184 g/mol. The summed E-state index contributed by atoms with van der Waals surface area (Å²) >= 11 is 0. The summed E-state index contributed by atoms with van der Waals surface area (Å²) in [6, 6.07) is 0.646. The second-order valence-corrected chi connectivity index (χ2v) is 5.91. The molecule has 1 heterocycles. The van der Waals surface area contributed by atoms with Gasteiger partial charge >= 0.3 is 0 Å². The van der Waals surface area contributed by atoms with E-state index < -0.39 is 0 Å². The number of rotatable bonds is 0. The van der Waals surface area contributed by atoms with E-state index in [0.29, 0.717) is 11.6 Å². The second-order valence-electron chi connectivity index (χ2n) is 5.91. The number of hydrogen-bond donors (Lipinski definition) is 1. The first-order chi connectivity index (χ1) is 5.72. The van der Waals surface area contributed by atoms with E-state index in [1.807, 2.05) is 0 Å². The van der Waals surface area contributed by atoms with Gasteiger partial charge in [0, 0.05) is 30.2 Å². The maximum atomic E-state index is 3.57. The fourth-order valence-corrected chi connectivity index (χ4v) is 2.07. The van der Waals surface area contributed by atoms with Gasteiger partial charge in [-0.05, 0) is 41.5 Å². The highest BCUT2D eigenvalue weighted by molar-refractivity contribution is 4.95. The SMILES string of the molecule is CC1CNC(C)(C)CN1C(C)(C)C. The summed E-state index contributed by atoms with van der Waals surface area (Å²) in [5.41, 5.74) is 0.554. The van der Waals surface area contributed by atoms with Crippen LogP contribution in [0, 0.1) is 0 Å². The molecule has 78 valence electrons. The zero-order chi connectivity index (χ0) is 10.3. The van der Waals surface area contributed by atoms with Crippen LogP contribution in [0.3, 0.4) is 0 Å². The number of hydrogen-bond acceptors (Lipinski definition) is 2.